The molecule has 1 aromatic carbocycles. The lowest BCUT2D eigenvalue weighted by Crippen LogP contribution is -2.03. The minimum Gasteiger partial charge on any atom is -0.434 e. The van der Waals surface area contributed by atoms with Crippen molar-refractivity contribution in [2.24, 2.45) is 0 Å². The van der Waals surface area contributed by atoms with E-state index in [0.717, 1.165) is 0 Å². The third kappa shape index (κ3) is 1.95. The maximum Gasteiger partial charge on any atom is 0.387 e. The van der Waals surface area contributed by atoms with Gasteiger partial charge in [0.2, 0.25) is 0 Å². The van der Waals surface area contributed by atoms with Crippen molar-refractivity contribution in [2.75, 3.05) is 5.73 Å². The number of hydrogen-bond donors (Lipinski definition) is 2. The van der Waals surface area contributed by atoms with Gasteiger partial charge >= 0.3 is 6.61 Å². The maximum atomic E-state index is 12.2. The molecular formula is C10H9F2N3O. The van der Waals surface area contributed by atoms with Crippen LogP contribution in [0.3, 0.4) is 0 Å². The summed E-state index contributed by atoms with van der Waals surface area (Å²) in [6, 6.07) is 6.38. The van der Waals surface area contributed by atoms with E-state index in [1.165, 1.54) is 12.3 Å². The Balaban J connectivity index is 2.44. The highest BCUT2D eigenvalue weighted by atomic mass is 19.3. The lowest BCUT2D eigenvalue weighted by Gasteiger charge is -2.09. The van der Waals surface area contributed by atoms with E-state index in [1.54, 1.807) is 18.2 Å². The highest BCUT2D eigenvalue weighted by Crippen LogP contribution is 2.32. The van der Waals surface area contributed by atoms with E-state index in [-0.39, 0.29) is 5.75 Å². The molecule has 0 unspecified atom stereocenters. The van der Waals surface area contributed by atoms with Gasteiger partial charge in [0.25, 0.3) is 0 Å². The Hall–Kier alpha value is -2.11. The number of halogens is 2. The van der Waals surface area contributed by atoms with Crippen molar-refractivity contribution in [3.8, 4) is 17.0 Å². The third-order valence-corrected chi connectivity index (χ3v) is 2.04. The van der Waals surface area contributed by atoms with Gasteiger partial charge in [0.05, 0.1) is 17.6 Å². The number of nitrogen functional groups attached to an aromatic ring is 1. The number of rotatable bonds is 3. The van der Waals surface area contributed by atoms with Crippen LogP contribution in [-0.2, 0) is 0 Å². The van der Waals surface area contributed by atoms with Gasteiger partial charge in [0.1, 0.15) is 5.75 Å². The predicted octanol–water partition coefficient (Wildman–Crippen LogP) is 2.26. The molecule has 2 rings (SSSR count). The van der Waals surface area contributed by atoms with Gasteiger partial charge in [0, 0.05) is 5.56 Å². The fourth-order valence-electron chi connectivity index (χ4n) is 1.38. The number of alkyl halides is 2. The Kier molecular flexibility index (Phi) is 2.72. The topological polar surface area (TPSA) is 63.9 Å². The average molecular weight is 225 g/mol. The number of ether oxygens (including phenoxy) is 1. The van der Waals surface area contributed by atoms with Crippen LogP contribution in [0.2, 0.25) is 0 Å². The monoisotopic (exact) mass is 225 g/mol. The summed E-state index contributed by atoms with van der Waals surface area (Å²) in [6.07, 6.45) is 1.41. The zero-order chi connectivity index (χ0) is 11.5. The van der Waals surface area contributed by atoms with Crippen molar-refractivity contribution >= 4 is 5.69 Å². The normalized spacial score (nSPS) is 10.7. The van der Waals surface area contributed by atoms with E-state index < -0.39 is 6.61 Å². The number of aromatic amines is 1. The highest BCUT2D eigenvalue weighted by molar-refractivity contribution is 5.76. The smallest absolute Gasteiger partial charge is 0.387 e. The molecule has 1 aromatic heterocycles. The van der Waals surface area contributed by atoms with E-state index in [9.17, 15) is 8.78 Å². The van der Waals surface area contributed by atoms with Crippen LogP contribution in [0.5, 0.6) is 5.75 Å². The van der Waals surface area contributed by atoms with Gasteiger partial charge in [-0.15, -0.1) is 0 Å². The lowest BCUT2D eigenvalue weighted by molar-refractivity contribution is -0.0494. The van der Waals surface area contributed by atoms with Crippen LogP contribution in [-0.4, -0.2) is 16.8 Å². The Labute approximate surface area is 90.0 Å². The summed E-state index contributed by atoms with van der Waals surface area (Å²) in [5, 5.41) is 6.36. The molecule has 0 spiro atoms. The first kappa shape index (κ1) is 10.4. The molecule has 0 atom stereocenters. The number of hydrogen-bond acceptors (Lipinski definition) is 3. The van der Waals surface area contributed by atoms with Gasteiger partial charge in [-0.2, -0.15) is 13.9 Å². The van der Waals surface area contributed by atoms with Crippen LogP contribution in [0, 0.1) is 0 Å². The third-order valence-electron chi connectivity index (χ3n) is 2.04. The molecule has 4 nitrogen and oxygen atoms in total. The number of benzene rings is 1. The summed E-state index contributed by atoms with van der Waals surface area (Å²) < 4.78 is 28.7. The van der Waals surface area contributed by atoms with Crippen molar-refractivity contribution in [2.45, 2.75) is 6.61 Å². The molecule has 6 heteroatoms. The van der Waals surface area contributed by atoms with Crippen LogP contribution in [0.15, 0.2) is 30.5 Å². The first-order chi connectivity index (χ1) is 7.68. The summed E-state index contributed by atoms with van der Waals surface area (Å²) in [5.74, 6) is 0.0634. The van der Waals surface area contributed by atoms with Crippen LogP contribution < -0.4 is 10.5 Å². The largest absolute Gasteiger partial charge is 0.434 e. The van der Waals surface area contributed by atoms with E-state index in [0.29, 0.717) is 16.9 Å². The molecule has 84 valence electrons. The molecular weight excluding hydrogens is 216 g/mol. The van der Waals surface area contributed by atoms with E-state index in [1.807, 2.05) is 0 Å². The second-order valence-corrected chi connectivity index (χ2v) is 3.08. The second kappa shape index (κ2) is 4.18. The van der Waals surface area contributed by atoms with E-state index in [4.69, 9.17) is 5.73 Å². The number of H-pyrrole nitrogens is 1. The molecule has 16 heavy (non-hydrogen) atoms. The molecule has 0 aliphatic rings. The van der Waals surface area contributed by atoms with E-state index in [2.05, 4.69) is 14.9 Å². The maximum absolute atomic E-state index is 12.2. The molecule has 0 fully saturated rings. The molecule has 0 aliphatic carbocycles. The summed E-state index contributed by atoms with van der Waals surface area (Å²) >= 11 is 0. The summed E-state index contributed by atoms with van der Waals surface area (Å²) in [7, 11) is 0. The Bertz CT molecular complexity index is 484. The minimum atomic E-state index is -2.87. The molecule has 0 aliphatic heterocycles. The fraction of sp³-hybridized carbons (Fsp3) is 0.100. The Morgan fingerprint density at radius 3 is 2.69 bits per heavy atom. The number of nitrogens with one attached hydrogen (secondary N) is 1. The minimum absolute atomic E-state index is 0.0634. The Morgan fingerprint density at radius 2 is 2.06 bits per heavy atom. The number of anilines is 1. The number of nitrogens with zero attached hydrogens (tertiary/aromatic N) is 1. The molecule has 2 aromatic rings. The zero-order valence-electron chi connectivity index (χ0n) is 8.15. The predicted molar refractivity (Wildman–Crippen MR) is 55.1 cm³/mol. The van der Waals surface area contributed by atoms with Gasteiger partial charge in [-0.25, -0.2) is 0 Å². The average Bonchev–Trinajstić information content (AvgIpc) is 2.64. The first-order valence-electron chi connectivity index (χ1n) is 4.51. The highest BCUT2D eigenvalue weighted by Gasteiger charge is 2.13. The molecule has 0 saturated carbocycles. The summed E-state index contributed by atoms with van der Waals surface area (Å²) in [5.41, 5.74) is 6.94. The number of aromatic nitrogens is 2. The Morgan fingerprint density at radius 1 is 1.31 bits per heavy atom. The summed E-state index contributed by atoms with van der Waals surface area (Å²) in [6.45, 7) is -2.87. The van der Waals surface area contributed by atoms with Crippen LogP contribution in [0.4, 0.5) is 14.5 Å². The molecule has 3 N–H and O–H groups in total. The van der Waals surface area contributed by atoms with Crippen molar-refractivity contribution in [1.82, 2.24) is 10.2 Å². The molecule has 0 saturated heterocycles. The molecule has 0 radical (unpaired) electrons. The second-order valence-electron chi connectivity index (χ2n) is 3.08. The lowest BCUT2D eigenvalue weighted by atomic mass is 10.1. The van der Waals surface area contributed by atoms with Gasteiger partial charge in [-0.1, -0.05) is 12.1 Å². The number of nitrogens with two attached hydrogens (primary N) is 1. The summed E-state index contributed by atoms with van der Waals surface area (Å²) in [4.78, 5) is 0. The van der Waals surface area contributed by atoms with Crippen molar-refractivity contribution < 1.29 is 13.5 Å². The van der Waals surface area contributed by atoms with Crippen LogP contribution in [0.1, 0.15) is 0 Å². The fourth-order valence-corrected chi connectivity index (χ4v) is 1.38. The zero-order valence-corrected chi connectivity index (χ0v) is 8.15. The van der Waals surface area contributed by atoms with Gasteiger partial charge < -0.3 is 10.5 Å². The molecule has 0 bridgehead atoms. The van der Waals surface area contributed by atoms with Gasteiger partial charge in [0.15, 0.2) is 0 Å². The van der Waals surface area contributed by atoms with Crippen LogP contribution in [0.25, 0.3) is 11.3 Å². The van der Waals surface area contributed by atoms with E-state index >= 15 is 0 Å². The van der Waals surface area contributed by atoms with Gasteiger partial charge in [-0.3, -0.25) is 5.10 Å². The standard InChI is InChI=1S/C10H9F2N3O/c11-10(12)16-8-4-2-1-3-6(8)9-7(13)5-14-15-9/h1-5,10H,13H2,(H,14,15). The van der Waals surface area contributed by atoms with Crippen molar-refractivity contribution in [1.29, 1.82) is 0 Å². The number of para-hydroxylation sites is 1. The molecule has 0 amide bonds. The molecule has 1 heterocycles. The van der Waals surface area contributed by atoms with Crippen LogP contribution >= 0.6 is 0 Å². The van der Waals surface area contributed by atoms with Crippen molar-refractivity contribution in [3.05, 3.63) is 30.5 Å². The first-order valence-corrected chi connectivity index (χ1v) is 4.51. The van der Waals surface area contributed by atoms with Gasteiger partial charge in [-0.05, 0) is 12.1 Å². The quantitative estimate of drug-likeness (QED) is 0.842. The van der Waals surface area contributed by atoms with Crippen molar-refractivity contribution in [3.63, 3.8) is 0 Å². The SMILES string of the molecule is Nc1cn[nH]c1-c1ccccc1OC(F)F.